The molecule has 1 N–H and O–H groups in total. The third-order valence-electron chi connectivity index (χ3n) is 5.38. The van der Waals surface area contributed by atoms with E-state index in [9.17, 15) is 4.79 Å². The van der Waals surface area contributed by atoms with Crippen molar-refractivity contribution in [1.82, 2.24) is 14.9 Å². The second-order valence-corrected chi connectivity index (χ2v) is 8.33. The summed E-state index contributed by atoms with van der Waals surface area (Å²) < 4.78 is 7.13. The van der Waals surface area contributed by atoms with Gasteiger partial charge in [-0.05, 0) is 42.5 Å². The van der Waals surface area contributed by atoms with Crippen LogP contribution in [0.15, 0.2) is 64.3 Å². The summed E-state index contributed by atoms with van der Waals surface area (Å²) in [6.07, 6.45) is 6.26. The van der Waals surface area contributed by atoms with E-state index in [1.807, 2.05) is 42.5 Å². The number of furan rings is 1. The van der Waals surface area contributed by atoms with Crippen LogP contribution in [0.3, 0.4) is 0 Å². The van der Waals surface area contributed by atoms with E-state index in [1.54, 1.807) is 28.5 Å². The molecule has 5 nitrogen and oxygen atoms in total. The molecule has 0 fully saturated rings. The maximum atomic E-state index is 13.1. The summed E-state index contributed by atoms with van der Waals surface area (Å²) in [6, 6.07) is 14.3. The van der Waals surface area contributed by atoms with Crippen molar-refractivity contribution in [1.29, 1.82) is 0 Å². The van der Waals surface area contributed by atoms with Gasteiger partial charge < -0.3 is 9.73 Å². The first-order valence-corrected chi connectivity index (χ1v) is 10.4. The molecular formula is C22H21N3O2S. The van der Waals surface area contributed by atoms with E-state index in [0.29, 0.717) is 12.6 Å². The summed E-state index contributed by atoms with van der Waals surface area (Å²) >= 11 is 1.67. The zero-order valence-corrected chi connectivity index (χ0v) is 16.2. The molecule has 1 aliphatic carbocycles. The van der Waals surface area contributed by atoms with Crippen molar-refractivity contribution in [2.75, 3.05) is 0 Å². The Labute approximate surface area is 166 Å². The minimum absolute atomic E-state index is 0.0772. The quantitative estimate of drug-likeness (QED) is 0.563. The number of nitrogens with zero attached hydrogens (tertiary/aromatic N) is 2. The first-order valence-electron chi connectivity index (χ1n) is 9.57. The minimum Gasteiger partial charge on any atom is -0.468 e. The fraction of sp³-hybridized carbons (Fsp3) is 0.273. The molecule has 0 bridgehead atoms. The molecule has 0 saturated heterocycles. The molecule has 1 atom stereocenters. The van der Waals surface area contributed by atoms with E-state index in [0.717, 1.165) is 47.3 Å². The zero-order valence-electron chi connectivity index (χ0n) is 15.4. The Balaban J connectivity index is 1.40. The molecule has 0 saturated carbocycles. The average molecular weight is 391 g/mol. The summed E-state index contributed by atoms with van der Waals surface area (Å²) in [7, 11) is 0. The highest BCUT2D eigenvalue weighted by Gasteiger charge is 2.25. The Bertz CT molecular complexity index is 1150. The van der Waals surface area contributed by atoms with E-state index >= 15 is 0 Å². The highest BCUT2D eigenvalue weighted by Crippen LogP contribution is 2.33. The van der Waals surface area contributed by atoms with Gasteiger partial charge in [-0.3, -0.25) is 9.36 Å². The van der Waals surface area contributed by atoms with E-state index in [-0.39, 0.29) is 5.56 Å². The Morgan fingerprint density at radius 1 is 1.21 bits per heavy atom. The second kappa shape index (κ2) is 7.37. The topological polar surface area (TPSA) is 60.1 Å². The van der Waals surface area contributed by atoms with Crippen LogP contribution in [-0.4, -0.2) is 15.6 Å². The highest BCUT2D eigenvalue weighted by atomic mass is 32.1. The average Bonchev–Trinajstić information content (AvgIpc) is 3.36. The van der Waals surface area contributed by atoms with Crippen molar-refractivity contribution >= 4 is 21.6 Å². The Kier molecular flexibility index (Phi) is 4.58. The van der Waals surface area contributed by atoms with Crippen LogP contribution < -0.4 is 10.9 Å². The molecule has 28 heavy (non-hydrogen) atoms. The maximum Gasteiger partial charge on any atom is 0.262 e. The summed E-state index contributed by atoms with van der Waals surface area (Å²) in [4.78, 5) is 19.9. The number of nitrogens with one attached hydrogen (secondary N) is 1. The summed E-state index contributed by atoms with van der Waals surface area (Å²) in [5, 5.41) is 4.40. The lowest BCUT2D eigenvalue weighted by Gasteiger charge is -2.23. The first kappa shape index (κ1) is 17.4. The van der Waals surface area contributed by atoms with Crippen LogP contribution in [0.2, 0.25) is 0 Å². The van der Waals surface area contributed by atoms with Crippen molar-refractivity contribution in [3.8, 4) is 0 Å². The maximum absolute atomic E-state index is 13.1. The van der Waals surface area contributed by atoms with Crippen LogP contribution in [-0.2, 0) is 25.9 Å². The molecule has 0 aliphatic heterocycles. The SMILES string of the molecule is O=c1c2c3c(sc2ncn1Cc1ccccc1)CC(NCc1ccco1)CC3. The molecule has 1 aromatic carbocycles. The van der Waals surface area contributed by atoms with Gasteiger partial charge >= 0.3 is 0 Å². The van der Waals surface area contributed by atoms with Crippen LogP contribution in [0.4, 0.5) is 0 Å². The fourth-order valence-corrected chi connectivity index (χ4v) is 5.18. The number of rotatable bonds is 5. The van der Waals surface area contributed by atoms with Gasteiger partial charge in [0.05, 0.1) is 31.1 Å². The van der Waals surface area contributed by atoms with Gasteiger partial charge in [0.25, 0.3) is 5.56 Å². The van der Waals surface area contributed by atoms with Crippen LogP contribution in [0, 0.1) is 0 Å². The number of aromatic nitrogens is 2. The van der Waals surface area contributed by atoms with Crippen molar-refractivity contribution in [2.24, 2.45) is 0 Å². The largest absolute Gasteiger partial charge is 0.468 e. The molecule has 3 heterocycles. The van der Waals surface area contributed by atoms with E-state index in [1.165, 1.54) is 10.4 Å². The Hall–Kier alpha value is -2.70. The summed E-state index contributed by atoms with van der Waals surface area (Å²) in [5.41, 5.74) is 2.39. The van der Waals surface area contributed by atoms with Gasteiger partial charge in [0.2, 0.25) is 0 Å². The van der Waals surface area contributed by atoms with Crippen LogP contribution in [0.5, 0.6) is 0 Å². The lowest BCUT2D eigenvalue weighted by atomic mass is 9.93. The van der Waals surface area contributed by atoms with E-state index in [4.69, 9.17) is 4.42 Å². The van der Waals surface area contributed by atoms with Gasteiger partial charge in [0.1, 0.15) is 10.6 Å². The van der Waals surface area contributed by atoms with E-state index < -0.39 is 0 Å². The number of fused-ring (bicyclic) bond motifs is 3. The molecule has 1 unspecified atom stereocenters. The van der Waals surface area contributed by atoms with Gasteiger partial charge in [-0.1, -0.05) is 30.3 Å². The zero-order chi connectivity index (χ0) is 18.9. The molecule has 0 amide bonds. The lowest BCUT2D eigenvalue weighted by Crippen LogP contribution is -2.33. The van der Waals surface area contributed by atoms with Crippen molar-refractivity contribution in [2.45, 2.75) is 38.4 Å². The number of thiophene rings is 1. The van der Waals surface area contributed by atoms with Gasteiger partial charge in [-0.15, -0.1) is 11.3 Å². The molecule has 3 aromatic heterocycles. The lowest BCUT2D eigenvalue weighted by molar-refractivity contribution is 0.419. The number of hydrogen-bond acceptors (Lipinski definition) is 5. The second-order valence-electron chi connectivity index (χ2n) is 7.25. The Morgan fingerprint density at radius 2 is 2.11 bits per heavy atom. The van der Waals surface area contributed by atoms with Gasteiger partial charge in [-0.25, -0.2) is 4.98 Å². The smallest absolute Gasteiger partial charge is 0.262 e. The predicted octanol–water partition coefficient (Wildman–Crippen LogP) is 3.75. The standard InChI is InChI=1S/C22H21N3O2S/c26-22-20-18-9-8-16(23-12-17-7-4-10-27-17)11-19(18)28-21(20)24-14-25(22)13-15-5-2-1-3-6-15/h1-7,10,14,16,23H,8-9,11-13H2. The normalized spacial score (nSPS) is 16.4. The first-order chi connectivity index (χ1) is 13.8. The highest BCUT2D eigenvalue weighted by molar-refractivity contribution is 7.18. The minimum atomic E-state index is 0.0772. The fourth-order valence-electron chi connectivity index (χ4n) is 3.93. The summed E-state index contributed by atoms with van der Waals surface area (Å²) in [6.45, 7) is 1.29. The molecule has 142 valence electrons. The van der Waals surface area contributed by atoms with Gasteiger partial charge in [0.15, 0.2) is 0 Å². The van der Waals surface area contributed by atoms with E-state index in [2.05, 4.69) is 10.3 Å². The van der Waals surface area contributed by atoms with Crippen LogP contribution in [0.25, 0.3) is 10.2 Å². The number of aryl methyl sites for hydroxylation is 1. The summed E-state index contributed by atoms with van der Waals surface area (Å²) in [5.74, 6) is 0.951. The number of benzene rings is 1. The third kappa shape index (κ3) is 3.30. The van der Waals surface area contributed by atoms with Crippen molar-refractivity contribution in [3.63, 3.8) is 0 Å². The van der Waals surface area contributed by atoms with Gasteiger partial charge in [-0.2, -0.15) is 0 Å². The van der Waals surface area contributed by atoms with Gasteiger partial charge in [0, 0.05) is 10.9 Å². The Morgan fingerprint density at radius 3 is 2.93 bits per heavy atom. The molecule has 6 heteroatoms. The molecule has 0 spiro atoms. The van der Waals surface area contributed by atoms with Crippen molar-refractivity contribution in [3.05, 3.63) is 87.2 Å². The van der Waals surface area contributed by atoms with Crippen LogP contribution in [0.1, 0.15) is 28.2 Å². The molecule has 4 aromatic rings. The molecular weight excluding hydrogens is 370 g/mol. The monoisotopic (exact) mass is 391 g/mol. The van der Waals surface area contributed by atoms with Crippen LogP contribution >= 0.6 is 11.3 Å². The molecule has 0 radical (unpaired) electrons. The number of hydrogen-bond donors (Lipinski definition) is 1. The van der Waals surface area contributed by atoms with Crippen molar-refractivity contribution < 1.29 is 4.42 Å². The molecule has 1 aliphatic rings. The predicted molar refractivity (Wildman–Crippen MR) is 111 cm³/mol. The molecule has 5 rings (SSSR count). The third-order valence-corrected chi connectivity index (χ3v) is 6.54.